The molecule has 4 aromatic rings. The molecule has 0 aliphatic rings. The van der Waals surface area contributed by atoms with Crippen molar-refractivity contribution in [3.63, 3.8) is 0 Å². The summed E-state index contributed by atoms with van der Waals surface area (Å²) in [6.07, 6.45) is 13.0. The van der Waals surface area contributed by atoms with Gasteiger partial charge < -0.3 is 10.2 Å². The second kappa shape index (κ2) is 10.4. The Balaban J connectivity index is 0.00000103. The van der Waals surface area contributed by atoms with E-state index in [1.165, 1.54) is 6.19 Å². The van der Waals surface area contributed by atoms with Crippen molar-refractivity contribution in [3.8, 4) is 6.19 Å². The van der Waals surface area contributed by atoms with Crippen molar-refractivity contribution < 1.29 is 4.42 Å². The molecule has 0 bridgehead atoms. The molecule has 168 valence electrons. The first kappa shape index (κ1) is 24.1. The fourth-order valence-corrected chi connectivity index (χ4v) is 4.52. The highest BCUT2D eigenvalue weighted by molar-refractivity contribution is 6.16. The quantitative estimate of drug-likeness (QED) is 0.184. The highest BCUT2D eigenvalue weighted by Gasteiger charge is 2.21. The molecule has 0 aliphatic carbocycles. The molecule has 2 N–H and O–H groups in total. The van der Waals surface area contributed by atoms with Gasteiger partial charge in [0.1, 0.15) is 11.2 Å². The van der Waals surface area contributed by atoms with Crippen LogP contribution in [0.4, 0.5) is 0 Å². The monoisotopic (exact) mass is 444 g/mol. The zero-order chi connectivity index (χ0) is 24.8. The van der Waals surface area contributed by atoms with Gasteiger partial charge >= 0.3 is 0 Å². The number of hydrogen-bond acceptors (Lipinski definition) is 3. The molecule has 1 heterocycles. The first-order chi connectivity index (χ1) is 16.5. The number of benzene rings is 3. The summed E-state index contributed by atoms with van der Waals surface area (Å²) in [4.78, 5) is 0. The Bertz CT molecular complexity index is 1550. The summed E-state index contributed by atoms with van der Waals surface area (Å²) in [6.45, 7) is 20.4. The van der Waals surface area contributed by atoms with Gasteiger partial charge in [0, 0.05) is 10.8 Å². The van der Waals surface area contributed by atoms with E-state index >= 15 is 0 Å². The van der Waals surface area contributed by atoms with Gasteiger partial charge in [0.05, 0.1) is 0 Å². The van der Waals surface area contributed by atoms with Crippen LogP contribution in [0.3, 0.4) is 0 Å². The summed E-state index contributed by atoms with van der Waals surface area (Å²) >= 11 is 0. The van der Waals surface area contributed by atoms with Crippen molar-refractivity contribution in [2.75, 3.05) is 0 Å². The van der Waals surface area contributed by atoms with E-state index in [2.05, 4.69) is 62.4 Å². The van der Waals surface area contributed by atoms with Crippen LogP contribution in [-0.2, 0) is 0 Å². The van der Waals surface area contributed by atoms with Gasteiger partial charge in [-0.2, -0.15) is 5.26 Å². The van der Waals surface area contributed by atoms with Crippen LogP contribution in [0.15, 0.2) is 91.4 Å². The summed E-state index contributed by atoms with van der Waals surface area (Å²) in [7, 11) is 0. The number of hydrogen-bond donors (Lipinski definition) is 1. The maximum Gasteiger partial charge on any atom is 0.173 e. The first-order valence-electron chi connectivity index (χ1n) is 10.9. The standard InChI is InChI=1S/C30H26O.CH2N2/c1-7-19(8-2)29-21(11-5)22(12-6)30(20(9-3)10-4)26-18-28-24(17-25(26)29)23-15-13-14-16-27(23)31-28;2-1-3/h7-18H,1,3,5-6H2,2,4H3;2H2/b19-8+,20-10+;. The van der Waals surface area contributed by atoms with E-state index < -0.39 is 0 Å². The summed E-state index contributed by atoms with van der Waals surface area (Å²) in [5, 5.41) is 11.5. The molecule has 4 rings (SSSR count). The molecule has 3 heteroatoms. The molecule has 0 fully saturated rings. The number of allylic oxidation sites excluding steroid dienone is 6. The van der Waals surface area contributed by atoms with Gasteiger partial charge in [-0.1, -0.05) is 81.0 Å². The number of rotatable bonds is 6. The van der Waals surface area contributed by atoms with Crippen LogP contribution in [0.2, 0.25) is 0 Å². The molecular formula is C31H28N2O. The minimum absolute atomic E-state index is 0.863. The minimum atomic E-state index is 0.863. The lowest BCUT2D eigenvalue weighted by molar-refractivity contribution is 0.669. The third-order valence-corrected chi connectivity index (χ3v) is 5.93. The number of nitrogens with zero attached hydrogens (tertiary/aromatic N) is 1. The number of nitriles is 1. The van der Waals surface area contributed by atoms with Crippen LogP contribution in [0.25, 0.3) is 56.0 Å². The predicted octanol–water partition coefficient (Wildman–Crippen LogP) is 8.63. The van der Waals surface area contributed by atoms with Gasteiger partial charge in [-0.05, 0) is 76.2 Å². The Morgan fingerprint density at radius 3 is 1.76 bits per heavy atom. The third kappa shape index (κ3) is 3.87. The largest absolute Gasteiger partial charge is 0.456 e. The Hall–Kier alpha value is -4.55. The van der Waals surface area contributed by atoms with Gasteiger partial charge in [0.15, 0.2) is 6.19 Å². The lowest BCUT2D eigenvalue weighted by Crippen LogP contribution is -2.00. The summed E-state index contributed by atoms with van der Waals surface area (Å²) < 4.78 is 6.22. The molecular weight excluding hydrogens is 416 g/mol. The van der Waals surface area contributed by atoms with Gasteiger partial charge in [0.2, 0.25) is 0 Å². The fourth-order valence-electron chi connectivity index (χ4n) is 4.52. The molecule has 0 unspecified atom stereocenters. The van der Waals surface area contributed by atoms with Gasteiger partial charge in [-0.25, -0.2) is 0 Å². The number of para-hydroxylation sites is 1. The Labute approximate surface area is 200 Å². The lowest BCUT2D eigenvalue weighted by Gasteiger charge is -2.21. The van der Waals surface area contributed by atoms with Crippen LogP contribution >= 0.6 is 0 Å². The number of furan rings is 1. The molecule has 34 heavy (non-hydrogen) atoms. The summed E-state index contributed by atoms with van der Waals surface area (Å²) in [5.41, 5.74) is 12.3. The number of fused-ring (bicyclic) bond motifs is 4. The maximum absolute atomic E-state index is 7.10. The van der Waals surface area contributed by atoms with Crippen LogP contribution in [0.5, 0.6) is 0 Å². The lowest BCUT2D eigenvalue weighted by atomic mass is 9.82. The van der Waals surface area contributed by atoms with E-state index in [1.54, 1.807) is 0 Å². The molecule has 0 saturated heterocycles. The Morgan fingerprint density at radius 2 is 1.29 bits per heavy atom. The van der Waals surface area contributed by atoms with Crippen molar-refractivity contribution in [2.24, 2.45) is 5.73 Å². The van der Waals surface area contributed by atoms with Crippen LogP contribution in [-0.4, -0.2) is 0 Å². The molecule has 0 amide bonds. The van der Waals surface area contributed by atoms with E-state index in [0.29, 0.717) is 0 Å². The molecule has 0 aliphatic heterocycles. The highest BCUT2D eigenvalue weighted by Crippen LogP contribution is 2.43. The summed E-state index contributed by atoms with van der Waals surface area (Å²) in [6, 6.07) is 12.5. The van der Waals surface area contributed by atoms with E-state index in [-0.39, 0.29) is 0 Å². The first-order valence-corrected chi connectivity index (χ1v) is 10.9. The smallest absolute Gasteiger partial charge is 0.173 e. The zero-order valence-electron chi connectivity index (χ0n) is 19.7. The molecule has 3 nitrogen and oxygen atoms in total. The topological polar surface area (TPSA) is 63.0 Å². The van der Waals surface area contributed by atoms with Crippen LogP contribution < -0.4 is 5.73 Å². The third-order valence-electron chi connectivity index (χ3n) is 5.93. The summed E-state index contributed by atoms with van der Waals surface area (Å²) in [5.74, 6) is 0. The maximum atomic E-state index is 7.10. The molecule has 0 atom stereocenters. The molecule has 0 saturated carbocycles. The van der Waals surface area contributed by atoms with E-state index in [1.807, 2.05) is 56.4 Å². The van der Waals surface area contributed by atoms with Crippen LogP contribution in [0.1, 0.15) is 36.1 Å². The van der Waals surface area contributed by atoms with Gasteiger partial charge in [0.25, 0.3) is 0 Å². The SMILES string of the molecule is C=C/C(=C\C)c1c(C=C)c(C=C)c(/C(C=C)=C/C)c2cc3c(cc12)oc1ccccc13.N#CN. The highest BCUT2D eigenvalue weighted by atomic mass is 16.3. The second-order valence-corrected chi connectivity index (χ2v) is 7.50. The van der Waals surface area contributed by atoms with E-state index in [4.69, 9.17) is 9.68 Å². The predicted molar refractivity (Wildman–Crippen MR) is 149 cm³/mol. The molecule has 0 spiro atoms. The van der Waals surface area contributed by atoms with E-state index in [0.717, 1.165) is 66.1 Å². The minimum Gasteiger partial charge on any atom is -0.456 e. The normalized spacial score (nSPS) is 11.6. The van der Waals surface area contributed by atoms with Crippen molar-refractivity contribution in [3.05, 3.63) is 109 Å². The molecule has 1 aromatic heterocycles. The van der Waals surface area contributed by atoms with E-state index in [9.17, 15) is 0 Å². The van der Waals surface area contributed by atoms with Crippen LogP contribution in [0, 0.1) is 11.5 Å². The van der Waals surface area contributed by atoms with Crippen molar-refractivity contribution in [1.29, 1.82) is 5.26 Å². The Kier molecular flexibility index (Phi) is 7.36. The van der Waals surface area contributed by atoms with Crippen molar-refractivity contribution in [2.45, 2.75) is 13.8 Å². The average Bonchev–Trinajstić information content (AvgIpc) is 3.22. The Morgan fingerprint density at radius 1 is 0.794 bits per heavy atom. The molecule has 0 radical (unpaired) electrons. The zero-order valence-corrected chi connectivity index (χ0v) is 19.7. The second-order valence-electron chi connectivity index (χ2n) is 7.50. The van der Waals surface area contributed by atoms with Crippen molar-refractivity contribution in [1.82, 2.24) is 0 Å². The van der Waals surface area contributed by atoms with Crippen molar-refractivity contribution >= 4 is 56.0 Å². The number of nitrogens with two attached hydrogens (primary N) is 1. The van der Waals surface area contributed by atoms with Gasteiger partial charge in [-0.15, -0.1) is 0 Å². The average molecular weight is 445 g/mol. The molecule has 3 aromatic carbocycles. The fraction of sp³-hybridized carbons (Fsp3) is 0.0645. The van der Waals surface area contributed by atoms with Gasteiger partial charge in [-0.3, -0.25) is 0 Å².